The molecule has 1 unspecified atom stereocenters. The summed E-state index contributed by atoms with van der Waals surface area (Å²) in [4.78, 5) is 63.3. The molecule has 0 aliphatic rings. The maximum Gasteiger partial charge on any atom is 0.394 e. The van der Waals surface area contributed by atoms with Crippen LogP contribution >= 0.6 is 0 Å². The number of methoxy groups -OCH3 is 1. The Morgan fingerprint density at radius 3 is 2.23 bits per heavy atom. The molecule has 0 aliphatic heterocycles. The molecule has 0 fully saturated rings. The van der Waals surface area contributed by atoms with Crippen molar-refractivity contribution in [3.8, 4) is 5.75 Å². The second-order valence-corrected chi connectivity index (χ2v) is 11.2. The van der Waals surface area contributed by atoms with E-state index in [4.69, 9.17) is 9.84 Å². The number of carboxylic acids is 1. The lowest BCUT2D eigenvalue weighted by Gasteiger charge is -2.20. The van der Waals surface area contributed by atoms with Gasteiger partial charge in [-0.1, -0.05) is 66.7 Å². The fraction of sp³-hybridized carbons (Fsp3) is 0.162. The van der Waals surface area contributed by atoms with E-state index in [1.807, 2.05) is 54.6 Å². The quantitative estimate of drug-likeness (QED) is 0.156. The summed E-state index contributed by atoms with van der Waals surface area (Å²) in [7, 11) is 1.57. The number of hydrogen-bond acceptors (Lipinski definition) is 6. The number of amides is 3. The van der Waals surface area contributed by atoms with Crippen molar-refractivity contribution in [1.82, 2.24) is 9.88 Å². The molecule has 48 heavy (non-hydrogen) atoms. The summed E-state index contributed by atoms with van der Waals surface area (Å²) in [5, 5.41) is 18.6. The third kappa shape index (κ3) is 8.13. The predicted molar refractivity (Wildman–Crippen MR) is 182 cm³/mol. The second-order valence-electron chi connectivity index (χ2n) is 11.2. The van der Waals surface area contributed by atoms with Gasteiger partial charge >= 0.3 is 11.9 Å². The molecule has 11 nitrogen and oxygen atoms in total. The van der Waals surface area contributed by atoms with Crippen LogP contribution in [0.3, 0.4) is 0 Å². The first-order chi connectivity index (χ1) is 23.1. The van der Waals surface area contributed by atoms with E-state index in [1.165, 1.54) is 16.7 Å². The van der Waals surface area contributed by atoms with Crippen molar-refractivity contribution in [2.45, 2.75) is 32.4 Å². The molecule has 1 aromatic heterocycles. The van der Waals surface area contributed by atoms with Crippen LogP contribution in [0.2, 0.25) is 0 Å². The Bertz CT molecular complexity index is 2030. The predicted octanol–water partition coefficient (Wildman–Crippen LogP) is 4.30. The standard InChI is InChI=1S/C37H34N4O7/c1-23-18-19-41(22-25-12-16-29(48-2)17-13-25)36(45)33(23)40-34(43)31(20-24-10-14-28(15-11-24)38-35(44)37(46)47)39-32(42)21-27-8-5-7-26-6-3-4-9-30(26)27/h3-19,31H,20-22H2,1-2H3,(H,38,44)(H,39,42)(H,40,43)(H,46,47). The smallest absolute Gasteiger partial charge is 0.394 e. The van der Waals surface area contributed by atoms with Crippen LogP contribution in [0.5, 0.6) is 5.75 Å². The number of rotatable bonds is 11. The maximum absolute atomic E-state index is 13.8. The molecular formula is C37H34N4O7. The van der Waals surface area contributed by atoms with E-state index >= 15 is 0 Å². The average molecular weight is 647 g/mol. The molecule has 0 radical (unpaired) electrons. The number of carbonyl (C=O) groups is 4. The monoisotopic (exact) mass is 646 g/mol. The summed E-state index contributed by atoms with van der Waals surface area (Å²) in [6, 6.07) is 27.6. The third-order valence-corrected chi connectivity index (χ3v) is 7.86. The van der Waals surface area contributed by atoms with Crippen LogP contribution in [-0.4, -0.2) is 46.5 Å². The number of nitrogens with one attached hydrogen (secondary N) is 3. The van der Waals surface area contributed by atoms with Crippen LogP contribution in [0.1, 0.15) is 22.3 Å². The zero-order valence-electron chi connectivity index (χ0n) is 26.4. The highest BCUT2D eigenvalue weighted by atomic mass is 16.5. The van der Waals surface area contributed by atoms with Crippen LogP contribution in [-0.2, 0) is 38.6 Å². The minimum Gasteiger partial charge on any atom is -0.497 e. The summed E-state index contributed by atoms with van der Waals surface area (Å²) in [5.74, 6) is -3.10. The first kappa shape index (κ1) is 33.1. The number of hydrogen-bond donors (Lipinski definition) is 4. The van der Waals surface area contributed by atoms with E-state index in [2.05, 4.69) is 16.0 Å². The fourth-order valence-corrected chi connectivity index (χ4v) is 5.30. The van der Waals surface area contributed by atoms with Crippen molar-refractivity contribution in [2.24, 2.45) is 0 Å². The molecule has 5 rings (SSSR count). The molecule has 5 aromatic rings. The Morgan fingerprint density at radius 2 is 1.52 bits per heavy atom. The lowest BCUT2D eigenvalue weighted by Crippen LogP contribution is -2.46. The van der Waals surface area contributed by atoms with Crippen molar-refractivity contribution in [3.05, 3.63) is 136 Å². The van der Waals surface area contributed by atoms with Crippen molar-refractivity contribution in [1.29, 1.82) is 0 Å². The SMILES string of the molecule is COc1ccc(Cn2ccc(C)c(NC(=O)C(Cc3ccc(NC(=O)C(=O)O)cc3)NC(=O)Cc3cccc4ccccc34)c2=O)cc1. The van der Waals surface area contributed by atoms with Gasteiger partial charge in [0, 0.05) is 18.3 Å². The molecule has 0 saturated heterocycles. The molecular weight excluding hydrogens is 612 g/mol. The number of aryl methyl sites for hydroxylation is 1. The lowest BCUT2D eigenvalue weighted by atomic mass is 10.0. The fourth-order valence-electron chi connectivity index (χ4n) is 5.30. The number of benzene rings is 4. The van der Waals surface area contributed by atoms with Crippen LogP contribution in [0, 0.1) is 6.92 Å². The molecule has 11 heteroatoms. The van der Waals surface area contributed by atoms with Gasteiger partial charge in [0.1, 0.15) is 17.5 Å². The molecule has 4 N–H and O–H groups in total. The summed E-state index contributed by atoms with van der Waals surface area (Å²) in [6.07, 6.45) is 1.72. The van der Waals surface area contributed by atoms with E-state index < -0.39 is 35.3 Å². The number of carboxylic acid groups (broad SMARTS) is 1. The zero-order valence-corrected chi connectivity index (χ0v) is 26.4. The highest BCUT2D eigenvalue weighted by Gasteiger charge is 2.24. The van der Waals surface area contributed by atoms with Gasteiger partial charge in [0.25, 0.3) is 5.56 Å². The van der Waals surface area contributed by atoms with Crippen molar-refractivity contribution >= 4 is 45.8 Å². The van der Waals surface area contributed by atoms with E-state index in [1.54, 1.807) is 50.6 Å². The largest absolute Gasteiger partial charge is 0.497 e. The van der Waals surface area contributed by atoms with Crippen LogP contribution < -0.4 is 26.2 Å². The minimum atomic E-state index is -1.62. The topological polar surface area (TPSA) is 156 Å². The Labute approximate surface area is 276 Å². The Hall–Kier alpha value is -6.23. The van der Waals surface area contributed by atoms with Gasteiger partial charge in [-0.25, -0.2) is 4.79 Å². The number of ether oxygens (including phenoxy) is 1. The molecule has 4 aromatic carbocycles. The van der Waals surface area contributed by atoms with E-state index in [-0.39, 0.29) is 30.8 Å². The highest BCUT2D eigenvalue weighted by molar-refractivity contribution is 6.36. The number of aromatic nitrogens is 1. The first-order valence-electron chi connectivity index (χ1n) is 15.1. The zero-order chi connectivity index (χ0) is 34.2. The normalized spacial score (nSPS) is 11.4. The second kappa shape index (κ2) is 14.9. The average Bonchev–Trinajstić information content (AvgIpc) is 3.08. The van der Waals surface area contributed by atoms with Crippen molar-refractivity contribution < 1.29 is 29.0 Å². The van der Waals surface area contributed by atoms with E-state index in [9.17, 15) is 24.0 Å². The van der Waals surface area contributed by atoms with Crippen molar-refractivity contribution in [2.75, 3.05) is 17.7 Å². The number of anilines is 2. The molecule has 0 spiro atoms. The van der Waals surface area contributed by atoms with Gasteiger partial charge in [-0.05, 0) is 70.3 Å². The summed E-state index contributed by atoms with van der Waals surface area (Å²) in [6.45, 7) is 1.98. The lowest BCUT2D eigenvalue weighted by molar-refractivity contribution is -0.147. The van der Waals surface area contributed by atoms with Gasteiger partial charge in [0.05, 0.1) is 20.1 Å². The number of pyridine rings is 1. The summed E-state index contributed by atoms with van der Waals surface area (Å²) >= 11 is 0. The molecule has 0 aliphatic carbocycles. The molecule has 244 valence electrons. The molecule has 1 heterocycles. The van der Waals surface area contributed by atoms with E-state index in [0.717, 1.165) is 21.9 Å². The van der Waals surface area contributed by atoms with Gasteiger partial charge in [-0.15, -0.1) is 0 Å². The molecule has 0 saturated carbocycles. The number of fused-ring (bicyclic) bond motifs is 1. The molecule has 0 bridgehead atoms. The van der Waals surface area contributed by atoms with Gasteiger partial charge in [-0.3, -0.25) is 19.2 Å². The Balaban J connectivity index is 1.38. The first-order valence-corrected chi connectivity index (χ1v) is 15.1. The Morgan fingerprint density at radius 1 is 0.833 bits per heavy atom. The van der Waals surface area contributed by atoms with E-state index in [0.29, 0.717) is 16.9 Å². The van der Waals surface area contributed by atoms with Crippen LogP contribution in [0.15, 0.2) is 108 Å². The van der Waals surface area contributed by atoms with Crippen LogP contribution in [0.4, 0.5) is 11.4 Å². The Kier molecular flexibility index (Phi) is 10.3. The summed E-state index contributed by atoms with van der Waals surface area (Å²) in [5.41, 5.74) is 2.78. The van der Waals surface area contributed by atoms with Gasteiger partial charge in [0.2, 0.25) is 11.8 Å². The molecule has 1 atom stereocenters. The van der Waals surface area contributed by atoms with Gasteiger partial charge < -0.3 is 30.4 Å². The van der Waals surface area contributed by atoms with Crippen LogP contribution in [0.25, 0.3) is 10.8 Å². The maximum atomic E-state index is 13.8. The number of carbonyl (C=O) groups excluding carboxylic acids is 3. The highest BCUT2D eigenvalue weighted by Crippen LogP contribution is 2.20. The van der Waals surface area contributed by atoms with Crippen molar-refractivity contribution in [3.63, 3.8) is 0 Å². The molecule has 3 amide bonds. The van der Waals surface area contributed by atoms with Gasteiger partial charge in [0.15, 0.2) is 0 Å². The summed E-state index contributed by atoms with van der Waals surface area (Å²) < 4.78 is 6.70. The van der Waals surface area contributed by atoms with Gasteiger partial charge in [-0.2, -0.15) is 0 Å². The number of aliphatic carboxylic acids is 1. The third-order valence-electron chi connectivity index (χ3n) is 7.86. The number of nitrogens with zero attached hydrogens (tertiary/aromatic N) is 1. The minimum absolute atomic E-state index is 0.0182.